The minimum Gasteiger partial charge on any atom is -0.486 e. The lowest BCUT2D eigenvalue weighted by molar-refractivity contribution is 0.305. The molecule has 0 amide bonds. The number of aromatic nitrogens is 2. The molecule has 1 heterocycles. The zero-order chi connectivity index (χ0) is 16.8. The van der Waals surface area contributed by atoms with Gasteiger partial charge in [-0.2, -0.15) is 0 Å². The summed E-state index contributed by atoms with van der Waals surface area (Å²) in [6.07, 6.45) is 5.78. The standard InChI is InChI=1S/C19H11Cl2N2O/c20-17-8-9-18(21)19(24-13-14-4-2-1-3-5-14)16(17)7-6-15-12-22-10-11-23-15/h1-5,8-11H,13H2. The van der Waals surface area contributed by atoms with Crippen LogP contribution in [0.15, 0.2) is 54.9 Å². The Morgan fingerprint density at radius 1 is 0.958 bits per heavy atom. The summed E-state index contributed by atoms with van der Waals surface area (Å²) in [5.41, 5.74) is 1.96. The van der Waals surface area contributed by atoms with Gasteiger partial charge in [-0.15, -0.1) is 0 Å². The molecule has 0 spiro atoms. The molecule has 24 heavy (non-hydrogen) atoms. The zero-order valence-electron chi connectivity index (χ0n) is 12.5. The Kier molecular flexibility index (Phi) is 5.32. The van der Waals surface area contributed by atoms with Crippen molar-refractivity contribution < 1.29 is 4.74 Å². The van der Waals surface area contributed by atoms with Gasteiger partial charge >= 0.3 is 0 Å². The minimum absolute atomic E-state index is 0.368. The molecule has 0 saturated carbocycles. The van der Waals surface area contributed by atoms with Crippen LogP contribution >= 0.6 is 23.2 Å². The molecule has 5 heteroatoms. The van der Waals surface area contributed by atoms with Crippen LogP contribution in [-0.2, 0) is 6.61 Å². The second-order valence-corrected chi connectivity index (χ2v) is 5.59. The van der Waals surface area contributed by atoms with Crippen molar-refractivity contribution in [1.82, 2.24) is 9.97 Å². The minimum atomic E-state index is 0.368. The van der Waals surface area contributed by atoms with Crippen LogP contribution in [-0.4, -0.2) is 9.97 Å². The summed E-state index contributed by atoms with van der Waals surface area (Å²) in [6, 6.07) is 13.2. The fraction of sp³-hybridized carbons (Fsp3) is 0.0526. The Balaban J connectivity index is 1.91. The Morgan fingerprint density at radius 2 is 1.75 bits per heavy atom. The monoisotopic (exact) mass is 353 g/mol. The van der Waals surface area contributed by atoms with E-state index in [0.29, 0.717) is 33.7 Å². The normalized spacial score (nSPS) is 9.92. The highest BCUT2D eigenvalue weighted by Gasteiger charge is 2.11. The van der Waals surface area contributed by atoms with E-state index in [-0.39, 0.29) is 0 Å². The number of ether oxygens (including phenoxy) is 1. The molecular formula is C19H11Cl2N2O. The predicted molar refractivity (Wildman–Crippen MR) is 94.1 cm³/mol. The van der Waals surface area contributed by atoms with Gasteiger partial charge in [0, 0.05) is 12.4 Å². The number of hydrogen-bond donors (Lipinski definition) is 0. The summed E-state index contributed by atoms with van der Waals surface area (Å²) in [6.45, 7) is 0.368. The van der Waals surface area contributed by atoms with Gasteiger partial charge in [0.2, 0.25) is 0 Å². The number of rotatable bonds is 3. The van der Waals surface area contributed by atoms with Gasteiger partial charge in [0.1, 0.15) is 18.5 Å². The second-order valence-electron chi connectivity index (χ2n) is 4.77. The SMILES string of the molecule is Clc1ccc(Cl)c(OCc2ccccc2)c1C#Cc1[c]nccn1. The first-order chi connectivity index (χ1) is 11.7. The largest absolute Gasteiger partial charge is 0.486 e. The van der Waals surface area contributed by atoms with E-state index in [1.807, 2.05) is 30.3 Å². The van der Waals surface area contributed by atoms with Crippen molar-refractivity contribution in [2.24, 2.45) is 0 Å². The van der Waals surface area contributed by atoms with Crippen LogP contribution < -0.4 is 4.74 Å². The van der Waals surface area contributed by atoms with Crippen LogP contribution in [0.4, 0.5) is 0 Å². The summed E-state index contributed by atoms with van der Waals surface area (Å²) in [5, 5.41) is 0.904. The van der Waals surface area contributed by atoms with Crippen molar-refractivity contribution in [3.05, 3.63) is 87.9 Å². The molecule has 1 radical (unpaired) electrons. The molecule has 0 unspecified atom stereocenters. The average Bonchev–Trinajstić information content (AvgIpc) is 2.63. The maximum Gasteiger partial charge on any atom is 0.155 e. The smallest absolute Gasteiger partial charge is 0.155 e. The van der Waals surface area contributed by atoms with Gasteiger partial charge in [-0.25, -0.2) is 9.97 Å². The molecule has 0 aliphatic heterocycles. The highest BCUT2D eigenvalue weighted by Crippen LogP contribution is 2.34. The van der Waals surface area contributed by atoms with Crippen LogP contribution in [0.2, 0.25) is 10.0 Å². The van der Waals surface area contributed by atoms with Crippen molar-refractivity contribution >= 4 is 23.2 Å². The van der Waals surface area contributed by atoms with Gasteiger partial charge in [-0.1, -0.05) is 59.5 Å². The number of benzene rings is 2. The maximum atomic E-state index is 6.26. The quantitative estimate of drug-likeness (QED) is 0.647. The Labute approximate surface area is 150 Å². The van der Waals surface area contributed by atoms with Gasteiger partial charge in [0.25, 0.3) is 0 Å². The molecule has 0 aliphatic carbocycles. The van der Waals surface area contributed by atoms with E-state index in [4.69, 9.17) is 27.9 Å². The Morgan fingerprint density at radius 3 is 2.50 bits per heavy atom. The molecule has 0 atom stereocenters. The molecule has 0 fully saturated rings. The first-order valence-electron chi connectivity index (χ1n) is 7.09. The third kappa shape index (κ3) is 4.05. The van der Waals surface area contributed by atoms with Gasteiger partial charge in [-0.05, 0) is 23.6 Å². The van der Waals surface area contributed by atoms with Crippen LogP contribution in [0.1, 0.15) is 16.8 Å². The van der Waals surface area contributed by atoms with E-state index in [1.54, 1.807) is 18.3 Å². The topological polar surface area (TPSA) is 35.0 Å². The van der Waals surface area contributed by atoms with Crippen molar-refractivity contribution in [2.75, 3.05) is 0 Å². The van der Waals surface area contributed by atoms with E-state index >= 15 is 0 Å². The van der Waals surface area contributed by atoms with Crippen LogP contribution in [0.3, 0.4) is 0 Å². The van der Waals surface area contributed by atoms with Crippen LogP contribution in [0.5, 0.6) is 5.75 Å². The average molecular weight is 354 g/mol. The van der Waals surface area contributed by atoms with E-state index < -0.39 is 0 Å². The summed E-state index contributed by atoms with van der Waals surface area (Å²) in [5.74, 6) is 6.26. The molecular weight excluding hydrogens is 343 g/mol. The molecule has 0 saturated heterocycles. The Hall–Kier alpha value is -2.54. The molecule has 2 aromatic carbocycles. The number of hydrogen-bond acceptors (Lipinski definition) is 3. The molecule has 0 bridgehead atoms. The lowest BCUT2D eigenvalue weighted by atomic mass is 10.2. The van der Waals surface area contributed by atoms with Gasteiger partial charge in [-0.3, -0.25) is 0 Å². The fourth-order valence-electron chi connectivity index (χ4n) is 1.97. The third-order valence-corrected chi connectivity index (χ3v) is 3.72. The molecule has 3 aromatic rings. The fourth-order valence-corrected chi connectivity index (χ4v) is 2.38. The zero-order valence-corrected chi connectivity index (χ0v) is 14.0. The first-order valence-corrected chi connectivity index (χ1v) is 7.85. The predicted octanol–water partition coefficient (Wildman–Crippen LogP) is 4.56. The maximum absolute atomic E-state index is 6.26. The highest BCUT2D eigenvalue weighted by atomic mass is 35.5. The molecule has 3 rings (SSSR count). The van der Waals surface area contributed by atoms with Crippen molar-refractivity contribution in [1.29, 1.82) is 0 Å². The van der Waals surface area contributed by atoms with Crippen LogP contribution in [0.25, 0.3) is 0 Å². The van der Waals surface area contributed by atoms with Crippen molar-refractivity contribution in [3.8, 4) is 17.6 Å². The Bertz CT molecular complexity index is 888. The van der Waals surface area contributed by atoms with E-state index in [2.05, 4.69) is 28.0 Å². The van der Waals surface area contributed by atoms with E-state index in [1.165, 1.54) is 6.20 Å². The van der Waals surface area contributed by atoms with Crippen molar-refractivity contribution in [3.63, 3.8) is 0 Å². The summed E-state index contributed by atoms with van der Waals surface area (Å²) >= 11 is 12.5. The van der Waals surface area contributed by atoms with E-state index in [0.717, 1.165) is 5.56 Å². The van der Waals surface area contributed by atoms with Crippen LogP contribution in [0, 0.1) is 18.0 Å². The van der Waals surface area contributed by atoms with Crippen molar-refractivity contribution in [2.45, 2.75) is 6.61 Å². The second kappa shape index (κ2) is 7.83. The van der Waals surface area contributed by atoms with E-state index in [9.17, 15) is 0 Å². The van der Waals surface area contributed by atoms with Gasteiger partial charge in [0.05, 0.1) is 15.6 Å². The number of nitrogens with zero attached hydrogens (tertiary/aromatic N) is 2. The molecule has 0 N–H and O–H groups in total. The summed E-state index contributed by atoms with van der Waals surface area (Å²) in [7, 11) is 0. The van der Waals surface area contributed by atoms with Gasteiger partial charge in [0.15, 0.2) is 5.75 Å². The summed E-state index contributed by atoms with van der Waals surface area (Å²) in [4.78, 5) is 7.92. The third-order valence-electron chi connectivity index (χ3n) is 3.11. The summed E-state index contributed by atoms with van der Waals surface area (Å²) < 4.78 is 5.86. The molecule has 0 aliphatic rings. The lowest BCUT2D eigenvalue weighted by Crippen LogP contribution is -1.98. The molecule has 3 nitrogen and oxygen atoms in total. The van der Waals surface area contributed by atoms with Gasteiger partial charge < -0.3 is 4.74 Å². The first kappa shape index (κ1) is 16.3. The molecule has 1 aromatic heterocycles. The number of halogens is 2. The highest BCUT2D eigenvalue weighted by molar-refractivity contribution is 6.35. The lowest BCUT2D eigenvalue weighted by Gasteiger charge is -2.11. The molecule has 117 valence electrons.